The zero-order valence-corrected chi connectivity index (χ0v) is 17.6. The molecule has 2 aliphatic heterocycles. The molecule has 2 unspecified atom stereocenters. The topological polar surface area (TPSA) is 66.9 Å². The van der Waals surface area contributed by atoms with Crippen LogP contribution >= 0.6 is 11.3 Å². The summed E-state index contributed by atoms with van der Waals surface area (Å²) in [5.74, 6) is -1.11. The van der Waals surface area contributed by atoms with Gasteiger partial charge in [-0.3, -0.25) is 9.59 Å². The van der Waals surface area contributed by atoms with Gasteiger partial charge >= 0.3 is 5.97 Å². The molecule has 2 amide bonds. The maximum absolute atomic E-state index is 13.3. The van der Waals surface area contributed by atoms with Crippen LogP contribution in [-0.4, -0.2) is 42.9 Å². The van der Waals surface area contributed by atoms with Crippen LogP contribution in [0.15, 0.2) is 29.6 Å². The average Bonchev–Trinajstić information content (AvgIpc) is 3.34. The van der Waals surface area contributed by atoms with Crippen molar-refractivity contribution in [3.8, 4) is 0 Å². The van der Waals surface area contributed by atoms with Gasteiger partial charge in [0.1, 0.15) is 0 Å². The van der Waals surface area contributed by atoms with Gasteiger partial charge in [-0.2, -0.15) is 0 Å². The second-order valence-corrected chi connectivity index (χ2v) is 8.68. The van der Waals surface area contributed by atoms with Gasteiger partial charge < -0.3 is 14.5 Å². The van der Waals surface area contributed by atoms with Gasteiger partial charge in [0.25, 0.3) is 0 Å². The van der Waals surface area contributed by atoms with E-state index in [0.29, 0.717) is 19.5 Å². The first kappa shape index (κ1) is 19.6. The third kappa shape index (κ3) is 3.44. The second kappa shape index (κ2) is 7.63. The molecule has 7 heteroatoms. The number of carbonyl (C=O) groups excluding carboxylic acids is 3. The third-order valence-corrected chi connectivity index (χ3v) is 6.95. The molecule has 1 fully saturated rings. The molecule has 0 radical (unpaired) electrons. The number of aryl methyl sites for hydroxylation is 2. The summed E-state index contributed by atoms with van der Waals surface area (Å²) in [6.45, 7) is 4.83. The lowest BCUT2D eigenvalue weighted by Crippen LogP contribution is -2.46. The summed E-state index contributed by atoms with van der Waals surface area (Å²) in [5, 5.41) is 1.94. The highest BCUT2D eigenvalue weighted by Gasteiger charge is 2.43. The summed E-state index contributed by atoms with van der Waals surface area (Å²) in [5.41, 5.74) is 3.93. The van der Waals surface area contributed by atoms with Crippen molar-refractivity contribution in [2.24, 2.45) is 5.92 Å². The molecular weight excluding hydrogens is 388 g/mol. The van der Waals surface area contributed by atoms with E-state index in [1.54, 1.807) is 21.1 Å². The highest BCUT2D eigenvalue weighted by Crippen LogP contribution is 2.36. The summed E-state index contributed by atoms with van der Waals surface area (Å²) >= 11 is 1.60. The van der Waals surface area contributed by atoms with Gasteiger partial charge in [0.2, 0.25) is 11.8 Å². The SMILES string of the molecule is COC(=O)C1c2ccsc2CCN1C(=O)C1CC(=O)N(c2ccc(C)c(C)c2)C1. The van der Waals surface area contributed by atoms with E-state index in [2.05, 4.69) is 0 Å². The number of methoxy groups -OCH3 is 1. The Bertz CT molecular complexity index is 983. The van der Waals surface area contributed by atoms with Crippen molar-refractivity contribution in [3.05, 3.63) is 51.2 Å². The molecule has 1 saturated heterocycles. The Morgan fingerprint density at radius 1 is 1.17 bits per heavy atom. The summed E-state index contributed by atoms with van der Waals surface area (Å²) in [4.78, 5) is 42.9. The fraction of sp³-hybridized carbons (Fsp3) is 0.409. The molecule has 3 heterocycles. The smallest absolute Gasteiger partial charge is 0.333 e. The number of thiophene rings is 1. The fourth-order valence-electron chi connectivity index (χ4n) is 4.17. The molecule has 4 rings (SSSR count). The monoisotopic (exact) mass is 412 g/mol. The molecular formula is C22H24N2O4S. The molecule has 0 bridgehead atoms. The molecule has 2 atom stereocenters. The fourth-order valence-corrected chi connectivity index (χ4v) is 5.07. The van der Waals surface area contributed by atoms with E-state index >= 15 is 0 Å². The molecule has 2 aliphatic rings. The predicted octanol–water partition coefficient (Wildman–Crippen LogP) is 3.02. The van der Waals surface area contributed by atoms with Crippen LogP contribution in [0.2, 0.25) is 0 Å². The Hall–Kier alpha value is -2.67. The van der Waals surface area contributed by atoms with Crippen LogP contribution in [0.4, 0.5) is 5.69 Å². The Balaban J connectivity index is 1.57. The number of anilines is 1. The van der Waals surface area contributed by atoms with Crippen LogP contribution in [0.3, 0.4) is 0 Å². The molecule has 6 nitrogen and oxygen atoms in total. The van der Waals surface area contributed by atoms with E-state index in [4.69, 9.17) is 4.74 Å². The van der Waals surface area contributed by atoms with Gasteiger partial charge in [-0.1, -0.05) is 6.07 Å². The zero-order valence-electron chi connectivity index (χ0n) is 16.8. The normalized spacial score (nSPS) is 21.3. The first-order chi connectivity index (χ1) is 13.9. The van der Waals surface area contributed by atoms with Crippen molar-refractivity contribution >= 4 is 34.8 Å². The summed E-state index contributed by atoms with van der Waals surface area (Å²) in [6, 6.07) is 7.05. The van der Waals surface area contributed by atoms with Crippen LogP contribution in [0.25, 0.3) is 0 Å². The van der Waals surface area contributed by atoms with Gasteiger partial charge in [0, 0.05) is 30.1 Å². The lowest BCUT2D eigenvalue weighted by molar-refractivity contribution is -0.155. The lowest BCUT2D eigenvalue weighted by Gasteiger charge is -2.35. The first-order valence-electron chi connectivity index (χ1n) is 9.73. The van der Waals surface area contributed by atoms with Crippen LogP contribution in [0.5, 0.6) is 0 Å². The van der Waals surface area contributed by atoms with Crippen molar-refractivity contribution in [1.82, 2.24) is 4.90 Å². The van der Waals surface area contributed by atoms with Gasteiger partial charge in [-0.05, 0) is 60.5 Å². The Kier molecular flexibility index (Phi) is 5.17. The van der Waals surface area contributed by atoms with Gasteiger partial charge in [0.05, 0.1) is 13.0 Å². The molecule has 29 heavy (non-hydrogen) atoms. The maximum atomic E-state index is 13.3. The molecule has 2 aromatic rings. The van der Waals surface area contributed by atoms with Crippen molar-refractivity contribution in [2.45, 2.75) is 32.7 Å². The Labute approximate surface area is 174 Å². The lowest BCUT2D eigenvalue weighted by atomic mass is 9.97. The van der Waals surface area contributed by atoms with E-state index in [1.807, 2.05) is 43.5 Å². The minimum atomic E-state index is -0.728. The van der Waals surface area contributed by atoms with Crippen molar-refractivity contribution in [3.63, 3.8) is 0 Å². The van der Waals surface area contributed by atoms with E-state index in [0.717, 1.165) is 27.3 Å². The van der Waals surface area contributed by atoms with Crippen molar-refractivity contribution in [1.29, 1.82) is 0 Å². The summed E-state index contributed by atoms with van der Waals surface area (Å²) in [7, 11) is 1.34. The number of nitrogens with zero attached hydrogens (tertiary/aromatic N) is 2. The van der Waals surface area contributed by atoms with E-state index in [9.17, 15) is 14.4 Å². The molecule has 0 saturated carbocycles. The minimum Gasteiger partial charge on any atom is -0.467 e. The molecule has 0 N–H and O–H groups in total. The zero-order chi connectivity index (χ0) is 20.7. The minimum absolute atomic E-state index is 0.0607. The largest absolute Gasteiger partial charge is 0.467 e. The van der Waals surface area contributed by atoms with Gasteiger partial charge in [-0.25, -0.2) is 4.79 Å². The third-order valence-electron chi connectivity index (χ3n) is 5.95. The molecule has 1 aromatic carbocycles. The molecule has 0 spiro atoms. The second-order valence-electron chi connectivity index (χ2n) is 7.68. The number of hydrogen-bond acceptors (Lipinski definition) is 5. The number of esters is 1. The van der Waals surface area contributed by atoms with E-state index < -0.39 is 17.9 Å². The quantitative estimate of drug-likeness (QED) is 0.727. The Morgan fingerprint density at radius 2 is 1.97 bits per heavy atom. The molecule has 0 aliphatic carbocycles. The van der Waals surface area contributed by atoms with E-state index in [1.165, 1.54) is 7.11 Å². The van der Waals surface area contributed by atoms with Gasteiger partial charge in [0.15, 0.2) is 6.04 Å². The van der Waals surface area contributed by atoms with Crippen LogP contribution in [0, 0.1) is 19.8 Å². The number of fused-ring (bicyclic) bond motifs is 1. The number of hydrogen-bond donors (Lipinski definition) is 0. The summed E-state index contributed by atoms with van der Waals surface area (Å²) < 4.78 is 4.99. The number of benzene rings is 1. The maximum Gasteiger partial charge on any atom is 0.333 e. The van der Waals surface area contributed by atoms with Crippen LogP contribution in [-0.2, 0) is 25.5 Å². The van der Waals surface area contributed by atoms with Gasteiger partial charge in [-0.15, -0.1) is 11.3 Å². The standard InChI is InChI=1S/C22H24N2O4S/c1-13-4-5-16(10-14(13)2)24-12-15(11-19(24)25)21(26)23-8-6-18-17(7-9-29-18)20(23)22(27)28-3/h4-5,7,9-10,15,20H,6,8,11-12H2,1-3H3. The summed E-state index contributed by atoms with van der Waals surface area (Å²) in [6.07, 6.45) is 0.875. The first-order valence-corrected chi connectivity index (χ1v) is 10.6. The number of carbonyl (C=O) groups is 3. The van der Waals surface area contributed by atoms with Crippen LogP contribution in [0.1, 0.15) is 34.0 Å². The van der Waals surface area contributed by atoms with Crippen molar-refractivity contribution in [2.75, 3.05) is 25.1 Å². The molecule has 152 valence electrons. The predicted molar refractivity (Wildman–Crippen MR) is 111 cm³/mol. The number of rotatable bonds is 3. The highest BCUT2D eigenvalue weighted by atomic mass is 32.1. The number of ether oxygens (including phenoxy) is 1. The molecule has 1 aromatic heterocycles. The highest BCUT2D eigenvalue weighted by molar-refractivity contribution is 7.10. The van der Waals surface area contributed by atoms with Crippen molar-refractivity contribution < 1.29 is 19.1 Å². The van der Waals surface area contributed by atoms with Crippen LogP contribution < -0.4 is 4.90 Å². The Morgan fingerprint density at radius 3 is 2.69 bits per heavy atom. The average molecular weight is 413 g/mol. The number of amides is 2. The van der Waals surface area contributed by atoms with E-state index in [-0.39, 0.29) is 18.2 Å².